The topological polar surface area (TPSA) is 58.2 Å². The maximum Gasteiger partial charge on any atom is 0.253 e. The molecule has 20 heavy (non-hydrogen) atoms. The first-order valence-corrected chi connectivity index (χ1v) is 6.97. The summed E-state index contributed by atoms with van der Waals surface area (Å²) in [6.45, 7) is 9.48. The Kier molecular flexibility index (Phi) is 5.31. The lowest BCUT2D eigenvalue weighted by atomic mass is 9.95. The van der Waals surface area contributed by atoms with Gasteiger partial charge in [-0.2, -0.15) is 0 Å². The lowest BCUT2D eigenvalue weighted by molar-refractivity contribution is -0.123. The van der Waals surface area contributed by atoms with E-state index in [0.29, 0.717) is 11.3 Å². The number of hydrogen-bond donors (Lipinski definition) is 2. The van der Waals surface area contributed by atoms with Gasteiger partial charge in [0.15, 0.2) is 0 Å². The van der Waals surface area contributed by atoms with Crippen LogP contribution in [0.15, 0.2) is 24.3 Å². The lowest BCUT2D eigenvalue weighted by Gasteiger charge is -2.20. The number of carbonyl (C=O) groups is 2. The van der Waals surface area contributed by atoms with Gasteiger partial charge in [0.1, 0.15) is 0 Å². The minimum Gasteiger partial charge on any atom is -0.350 e. The number of anilines is 1. The summed E-state index contributed by atoms with van der Waals surface area (Å²) < 4.78 is 0. The fourth-order valence-electron chi connectivity index (χ4n) is 1.50. The Morgan fingerprint density at radius 3 is 2.35 bits per heavy atom. The Bertz CT molecular complexity index is 489. The number of hydrogen-bond acceptors (Lipinski definition) is 2. The van der Waals surface area contributed by atoms with Crippen LogP contribution in [0.4, 0.5) is 5.69 Å². The monoisotopic (exact) mass is 276 g/mol. The molecule has 1 aromatic rings. The van der Waals surface area contributed by atoms with E-state index in [1.54, 1.807) is 24.3 Å². The summed E-state index contributed by atoms with van der Waals surface area (Å²) in [5, 5.41) is 5.73. The number of amides is 2. The predicted octanol–water partition coefficient (Wildman–Crippen LogP) is 3.20. The van der Waals surface area contributed by atoms with Crippen LogP contribution in [0.25, 0.3) is 0 Å². The van der Waals surface area contributed by atoms with Gasteiger partial charge in [-0.15, -0.1) is 0 Å². The van der Waals surface area contributed by atoms with Gasteiger partial charge >= 0.3 is 0 Å². The Morgan fingerprint density at radius 2 is 1.80 bits per heavy atom. The minimum absolute atomic E-state index is 0.105. The fraction of sp³-hybridized carbons (Fsp3) is 0.500. The summed E-state index contributed by atoms with van der Waals surface area (Å²) in [5.41, 5.74) is 0.541. The summed E-state index contributed by atoms with van der Waals surface area (Å²) in [4.78, 5) is 24.2. The molecule has 4 heteroatoms. The first-order valence-electron chi connectivity index (χ1n) is 6.97. The smallest absolute Gasteiger partial charge is 0.253 e. The molecule has 0 aromatic heterocycles. The Balaban J connectivity index is 2.94. The molecule has 1 aromatic carbocycles. The molecule has 0 saturated heterocycles. The zero-order valence-corrected chi connectivity index (χ0v) is 12.9. The molecular formula is C16H24N2O2. The van der Waals surface area contributed by atoms with Crippen LogP contribution in [0.3, 0.4) is 0 Å². The van der Waals surface area contributed by atoms with Crippen LogP contribution in [0.2, 0.25) is 0 Å². The normalized spacial score (nSPS) is 12.7. The lowest BCUT2D eigenvalue weighted by Crippen LogP contribution is -2.33. The van der Waals surface area contributed by atoms with E-state index in [9.17, 15) is 9.59 Å². The maximum atomic E-state index is 12.2. The average Bonchev–Trinajstić information content (AvgIpc) is 2.37. The highest BCUT2D eigenvalue weighted by atomic mass is 16.2. The maximum absolute atomic E-state index is 12.2. The van der Waals surface area contributed by atoms with Crippen molar-refractivity contribution in [3.63, 3.8) is 0 Å². The van der Waals surface area contributed by atoms with Gasteiger partial charge in [-0.3, -0.25) is 9.59 Å². The van der Waals surface area contributed by atoms with E-state index < -0.39 is 5.41 Å². The molecule has 0 fully saturated rings. The molecule has 0 bridgehead atoms. The highest BCUT2D eigenvalue weighted by molar-refractivity contribution is 6.04. The molecule has 0 radical (unpaired) electrons. The van der Waals surface area contributed by atoms with Gasteiger partial charge in [0.25, 0.3) is 5.91 Å². The van der Waals surface area contributed by atoms with Crippen LogP contribution in [0.5, 0.6) is 0 Å². The molecule has 2 N–H and O–H groups in total. The summed E-state index contributed by atoms with van der Waals surface area (Å²) in [6, 6.07) is 7.16. The SMILES string of the molecule is CCC(C)NC(=O)c1ccccc1NC(=O)C(C)(C)C. The van der Waals surface area contributed by atoms with Gasteiger partial charge in [0.05, 0.1) is 11.3 Å². The van der Waals surface area contributed by atoms with Crippen molar-refractivity contribution in [3.05, 3.63) is 29.8 Å². The largest absolute Gasteiger partial charge is 0.350 e. The van der Waals surface area contributed by atoms with E-state index in [2.05, 4.69) is 10.6 Å². The van der Waals surface area contributed by atoms with Crippen molar-refractivity contribution in [2.24, 2.45) is 5.41 Å². The Labute approximate surface area is 121 Å². The second kappa shape index (κ2) is 6.55. The fourth-order valence-corrected chi connectivity index (χ4v) is 1.50. The standard InChI is InChI=1S/C16H24N2O2/c1-6-11(2)17-14(19)12-9-7-8-10-13(12)18-15(20)16(3,4)5/h7-11H,6H2,1-5H3,(H,17,19)(H,18,20). The van der Waals surface area contributed by atoms with Gasteiger partial charge in [-0.05, 0) is 25.5 Å². The molecule has 0 saturated carbocycles. The van der Waals surface area contributed by atoms with E-state index in [1.807, 2.05) is 34.6 Å². The molecule has 0 heterocycles. The summed E-state index contributed by atoms with van der Waals surface area (Å²) in [6.07, 6.45) is 0.863. The van der Waals surface area contributed by atoms with Crippen LogP contribution in [0, 0.1) is 5.41 Å². The van der Waals surface area contributed by atoms with Crippen LogP contribution in [-0.4, -0.2) is 17.9 Å². The number of benzene rings is 1. The third-order valence-corrected chi connectivity index (χ3v) is 3.09. The molecule has 0 spiro atoms. The van der Waals surface area contributed by atoms with Gasteiger partial charge in [-0.1, -0.05) is 39.8 Å². The zero-order valence-electron chi connectivity index (χ0n) is 12.9. The van der Waals surface area contributed by atoms with Gasteiger partial charge in [0.2, 0.25) is 5.91 Å². The summed E-state index contributed by atoms with van der Waals surface area (Å²) in [5.74, 6) is -0.273. The first kappa shape index (κ1) is 16.2. The van der Waals surface area contributed by atoms with Crippen molar-refractivity contribution in [1.29, 1.82) is 0 Å². The third-order valence-electron chi connectivity index (χ3n) is 3.09. The van der Waals surface area contributed by atoms with E-state index in [4.69, 9.17) is 0 Å². The molecule has 0 aliphatic rings. The quantitative estimate of drug-likeness (QED) is 0.887. The number of nitrogens with one attached hydrogen (secondary N) is 2. The third kappa shape index (κ3) is 4.37. The molecular weight excluding hydrogens is 252 g/mol. The van der Waals surface area contributed by atoms with Crippen LogP contribution in [0.1, 0.15) is 51.4 Å². The second-order valence-electron chi connectivity index (χ2n) is 6.03. The number of carbonyl (C=O) groups excluding carboxylic acids is 2. The molecule has 2 amide bonds. The molecule has 0 aliphatic heterocycles. The molecule has 110 valence electrons. The van der Waals surface area contributed by atoms with Crippen LogP contribution < -0.4 is 10.6 Å². The molecule has 1 rings (SSSR count). The van der Waals surface area contributed by atoms with E-state index in [0.717, 1.165) is 6.42 Å². The first-order chi connectivity index (χ1) is 9.25. The summed E-state index contributed by atoms with van der Waals surface area (Å²) in [7, 11) is 0. The van der Waals surface area contributed by atoms with Crippen molar-refractivity contribution in [3.8, 4) is 0 Å². The van der Waals surface area contributed by atoms with Crippen LogP contribution in [-0.2, 0) is 4.79 Å². The van der Waals surface area contributed by atoms with Crippen molar-refractivity contribution in [1.82, 2.24) is 5.32 Å². The molecule has 1 atom stereocenters. The molecule has 4 nitrogen and oxygen atoms in total. The van der Waals surface area contributed by atoms with Crippen molar-refractivity contribution < 1.29 is 9.59 Å². The van der Waals surface area contributed by atoms with E-state index in [1.165, 1.54) is 0 Å². The number of para-hydroxylation sites is 1. The zero-order chi connectivity index (χ0) is 15.3. The predicted molar refractivity (Wildman–Crippen MR) is 81.7 cm³/mol. The highest BCUT2D eigenvalue weighted by Gasteiger charge is 2.23. The van der Waals surface area contributed by atoms with Gasteiger partial charge < -0.3 is 10.6 Å². The highest BCUT2D eigenvalue weighted by Crippen LogP contribution is 2.20. The van der Waals surface area contributed by atoms with Crippen molar-refractivity contribution >= 4 is 17.5 Å². The second-order valence-corrected chi connectivity index (χ2v) is 6.03. The Hall–Kier alpha value is -1.84. The Morgan fingerprint density at radius 1 is 1.20 bits per heavy atom. The average molecular weight is 276 g/mol. The van der Waals surface area contributed by atoms with E-state index in [-0.39, 0.29) is 17.9 Å². The van der Waals surface area contributed by atoms with E-state index >= 15 is 0 Å². The minimum atomic E-state index is -0.500. The van der Waals surface area contributed by atoms with Crippen molar-refractivity contribution in [2.75, 3.05) is 5.32 Å². The van der Waals surface area contributed by atoms with Crippen molar-refractivity contribution in [2.45, 2.75) is 47.1 Å². The van der Waals surface area contributed by atoms with Gasteiger partial charge in [0, 0.05) is 11.5 Å². The summed E-state index contributed by atoms with van der Waals surface area (Å²) >= 11 is 0. The molecule has 1 unspecified atom stereocenters. The number of rotatable bonds is 4. The van der Waals surface area contributed by atoms with Crippen LogP contribution >= 0.6 is 0 Å². The van der Waals surface area contributed by atoms with Gasteiger partial charge in [-0.25, -0.2) is 0 Å². The molecule has 0 aliphatic carbocycles.